The smallest absolute Gasteiger partial charge is 0.335 e. The van der Waals surface area contributed by atoms with Crippen LogP contribution in [0.3, 0.4) is 0 Å². The first-order valence-electron chi connectivity index (χ1n) is 7.12. The van der Waals surface area contributed by atoms with Gasteiger partial charge in [0.25, 0.3) is 11.1 Å². The molecule has 0 unspecified atom stereocenters. The van der Waals surface area contributed by atoms with Crippen molar-refractivity contribution in [2.75, 3.05) is 6.54 Å². The summed E-state index contributed by atoms with van der Waals surface area (Å²) in [6, 6.07) is 9.61. The van der Waals surface area contributed by atoms with E-state index in [0.717, 1.165) is 16.7 Å². The predicted octanol–water partition coefficient (Wildman–Crippen LogP) is 3.31. The molecule has 6 nitrogen and oxygen atoms in total. The summed E-state index contributed by atoms with van der Waals surface area (Å²) in [5.41, 5.74) is 0.742. The van der Waals surface area contributed by atoms with Crippen LogP contribution in [0.5, 0.6) is 0 Å². The molecule has 0 bridgehead atoms. The molecule has 25 heavy (non-hydrogen) atoms. The number of hydrogen-bond donors (Lipinski definition) is 1. The molecule has 3 rings (SSSR count). The Balaban J connectivity index is 1.87. The molecule has 1 aromatic heterocycles. The molecule has 1 saturated heterocycles. The minimum absolute atomic E-state index is 0.0760. The van der Waals surface area contributed by atoms with Crippen LogP contribution < -0.4 is 0 Å². The van der Waals surface area contributed by atoms with Crippen molar-refractivity contribution in [2.45, 2.75) is 0 Å². The van der Waals surface area contributed by atoms with Crippen LogP contribution in [0.2, 0.25) is 0 Å². The van der Waals surface area contributed by atoms with E-state index in [1.54, 1.807) is 24.3 Å². The van der Waals surface area contributed by atoms with Gasteiger partial charge in [0.1, 0.15) is 11.5 Å². The zero-order valence-electron chi connectivity index (χ0n) is 12.8. The second-order valence-corrected chi connectivity index (χ2v) is 6.05. The first-order chi connectivity index (χ1) is 12.0. The fourth-order valence-electron chi connectivity index (χ4n) is 2.25. The van der Waals surface area contributed by atoms with Crippen molar-refractivity contribution in [3.63, 3.8) is 0 Å². The lowest BCUT2D eigenvalue weighted by atomic mass is 10.1. The Morgan fingerprint density at radius 3 is 2.84 bits per heavy atom. The van der Waals surface area contributed by atoms with Crippen LogP contribution >= 0.6 is 11.8 Å². The van der Waals surface area contributed by atoms with Gasteiger partial charge >= 0.3 is 5.97 Å². The Bertz CT molecular complexity index is 950. The number of nitrogens with zero attached hydrogens (tertiary/aromatic N) is 1. The molecule has 1 aliphatic heterocycles. The number of carboxylic acid groups (broad SMARTS) is 1. The molecule has 124 valence electrons. The molecule has 0 radical (unpaired) electrons. The van der Waals surface area contributed by atoms with Crippen molar-refractivity contribution in [3.05, 3.63) is 52.6 Å². The van der Waals surface area contributed by atoms with Crippen molar-refractivity contribution in [3.8, 4) is 23.7 Å². The van der Waals surface area contributed by atoms with Crippen LogP contribution in [-0.2, 0) is 4.79 Å². The van der Waals surface area contributed by atoms with Gasteiger partial charge in [-0.15, -0.1) is 6.42 Å². The Morgan fingerprint density at radius 2 is 2.12 bits per heavy atom. The van der Waals surface area contributed by atoms with Gasteiger partial charge in [-0.05, 0) is 36.0 Å². The molecule has 2 amide bonds. The highest BCUT2D eigenvalue weighted by atomic mass is 32.2. The molecule has 7 heteroatoms. The van der Waals surface area contributed by atoms with Gasteiger partial charge in [-0.3, -0.25) is 14.5 Å². The second-order valence-electron chi connectivity index (χ2n) is 5.06. The lowest BCUT2D eigenvalue weighted by molar-refractivity contribution is -0.122. The number of thioether (sulfide) groups is 1. The highest BCUT2D eigenvalue weighted by molar-refractivity contribution is 8.18. The highest BCUT2D eigenvalue weighted by Gasteiger charge is 2.34. The van der Waals surface area contributed by atoms with Crippen molar-refractivity contribution in [2.24, 2.45) is 0 Å². The van der Waals surface area contributed by atoms with E-state index in [0.29, 0.717) is 17.1 Å². The lowest BCUT2D eigenvalue weighted by Gasteiger charge is -2.06. The fourth-order valence-corrected chi connectivity index (χ4v) is 3.07. The molecule has 1 N–H and O–H groups in total. The summed E-state index contributed by atoms with van der Waals surface area (Å²) in [4.78, 5) is 36.1. The summed E-state index contributed by atoms with van der Waals surface area (Å²) in [6.45, 7) is -0.0760. The van der Waals surface area contributed by atoms with Crippen LogP contribution in [0.15, 0.2) is 45.7 Å². The number of rotatable bonds is 4. The number of aromatic carboxylic acids is 1. The summed E-state index contributed by atoms with van der Waals surface area (Å²) in [5, 5.41) is 8.62. The average Bonchev–Trinajstić information content (AvgIpc) is 3.16. The number of carbonyl (C=O) groups excluding carboxylic acids is 2. The van der Waals surface area contributed by atoms with Crippen molar-refractivity contribution < 1.29 is 23.9 Å². The van der Waals surface area contributed by atoms with Gasteiger partial charge in [0.2, 0.25) is 0 Å². The quantitative estimate of drug-likeness (QED) is 0.670. The lowest BCUT2D eigenvalue weighted by Crippen LogP contribution is -2.28. The fraction of sp³-hybridized carbons (Fsp3) is 0.0556. The van der Waals surface area contributed by atoms with E-state index < -0.39 is 17.1 Å². The molecule has 1 fully saturated rings. The first-order valence-corrected chi connectivity index (χ1v) is 7.93. The molecule has 0 saturated carbocycles. The number of carbonyl (C=O) groups is 3. The molecule has 2 heterocycles. The monoisotopic (exact) mass is 353 g/mol. The third kappa shape index (κ3) is 3.34. The summed E-state index contributed by atoms with van der Waals surface area (Å²) in [5.74, 6) is 1.61. The summed E-state index contributed by atoms with van der Waals surface area (Å²) < 4.78 is 5.64. The number of hydrogen-bond acceptors (Lipinski definition) is 5. The van der Waals surface area contributed by atoms with Gasteiger partial charge in [-0.2, -0.15) is 0 Å². The third-order valence-electron chi connectivity index (χ3n) is 3.42. The topological polar surface area (TPSA) is 87.8 Å². The van der Waals surface area contributed by atoms with Crippen LogP contribution in [0.25, 0.3) is 17.4 Å². The van der Waals surface area contributed by atoms with Crippen molar-refractivity contribution in [1.82, 2.24) is 4.90 Å². The van der Waals surface area contributed by atoms with E-state index in [4.69, 9.17) is 15.9 Å². The maximum Gasteiger partial charge on any atom is 0.335 e. The van der Waals surface area contributed by atoms with Gasteiger partial charge in [0.05, 0.1) is 17.0 Å². The maximum absolute atomic E-state index is 12.1. The predicted molar refractivity (Wildman–Crippen MR) is 92.6 cm³/mol. The third-order valence-corrected chi connectivity index (χ3v) is 4.32. The summed E-state index contributed by atoms with van der Waals surface area (Å²) in [7, 11) is 0. The Kier molecular flexibility index (Phi) is 4.46. The van der Waals surface area contributed by atoms with Gasteiger partial charge in [-0.1, -0.05) is 18.1 Å². The zero-order chi connectivity index (χ0) is 18.0. The van der Waals surface area contributed by atoms with E-state index >= 15 is 0 Å². The molecule has 1 aromatic carbocycles. The standard InChI is InChI=1S/C18H11NO5S/c1-2-8-19-16(20)15(25-18(19)23)10-13-6-7-14(24-13)11-4-3-5-12(9-11)17(21)22/h1,3-7,9-10H,8H2,(H,21,22)/b15-10-. The Hall–Kier alpha value is -3.24. The van der Waals surface area contributed by atoms with Crippen molar-refractivity contribution >= 4 is 35.0 Å². The van der Waals surface area contributed by atoms with Gasteiger partial charge < -0.3 is 9.52 Å². The van der Waals surface area contributed by atoms with E-state index in [9.17, 15) is 14.4 Å². The minimum Gasteiger partial charge on any atom is -0.478 e. The molecule has 0 aliphatic carbocycles. The molecule has 0 spiro atoms. The molecule has 2 aromatic rings. The maximum atomic E-state index is 12.1. The Labute approximate surface area is 147 Å². The largest absolute Gasteiger partial charge is 0.478 e. The SMILES string of the molecule is C#CCN1C(=O)S/C(=C\c2ccc(-c3cccc(C(=O)O)c3)o2)C1=O. The molecular formula is C18H11NO5S. The van der Waals surface area contributed by atoms with Gasteiger partial charge in [0, 0.05) is 11.6 Å². The Morgan fingerprint density at radius 1 is 1.32 bits per heavy atom. The zero-order valence-corrected chi connectivity index (χ0v) is 13.6. The van der Waals surface area contributed by atoms with Crippen molar-refractivity contribution in [1.29, 1.82) is 0 Å². The van der Waals surface area contributed by atoms with Crippen LogP contribution in [0.4, 0.5) is 4.79 Å². The minimum atomic E-state index is -1.03. The number of amides is 2. The number of benzene rings is 1. The van der Waals surface area contributed by atoms with E-state index in [1.807, 2.05) is 0 Å². The second kappa shape index (κ2) is 6.71. The highest BCUT2D eigenvalue weighted by Crippen LogP contribution is 2.33. The number of terminal acetylenes is 1. The number of furan rings is 1. The van der Waals surface area contributed by atoms with Crippen LogP contribution in [0, 0.1) is 12.3 Å². The average molecular weight is 353 g/mol. The van der Waals surface area contributed by atoms with E-state index in [2.05, 4.69) is 5.92 Å². The van der Waals surface area contributed by atoms with Gasteiger partial charge in [-0.25, -0.2) is 4.79 Å². The summed E-state index contributed by atoms with van der Waals surface area (Å²) >= 11 is 0.793. The normalized spacial score (nSPS) is 15.6. The van der Waals surface area contributed by atoms with Crippen LogP contribution in [0.1, 0.15) is 16.1 Å². The molecule has 0 atom stereocenters. The first kappa shape index (κ1) is 16.6. The number of imide groups is 1. The molecular weight excluding hydrogens is 342 g/mol. The summed E-state index contributed by atoms with van der Waals surface area (Å²) in [6.07, 6.45) is 6.61. The van der Waals surface area contributed by atoms with E-state index in [-0.39, 0.29) is 17.0 Å². The van der Waals surface area contributed by atoms with Crippen LogP contribution in [-0.4, -0.2) is 33.7 Å². The molecule has 1 aliphatic rings. The van der Waals surface area contributed by atoms with E-state index in [1.165, 1.54) is 18.2 Å². The van der Waals surface area contributed by atoms with Gasteiger partial charge in [0.15, 0.2) is 0 Å². The number of carboxylic acids is 1.